The van der Waals surface area contributed by atoms with Gasteiger partial charge >= 0.3 is 0 Å². The quantitative estimate of drug-likeness (QED) is 0.828. The molecule has 22 heavy (non-hydrogen) atoms. The minimum absolute atomic E-state index is 0.0899. The Kier molecular flexibility index (Phi) is 4.53. The molecule has 0 bridgehead atoms. The lowest BCUT2D eigenvalue weighted by molar-refractivity contribution is -0.117. The zero-order valence-corrected chi connectivity index (χ0v) is 12.6. The molecule has 0 atom stereocenters. The third-order valence-electron chi connectivity index (χ3n) is 4.13. The fourth-order valence-electron chi connectivity index (χ4n) is 2.86. The van der Waals surface area contributed by atoms with Crippen LogP contribution in [0.4, 0.5) is 5.69 Å². The summed E-state index contributed by atoms with van der Waals surface area (Å²) in [6.07, 6.45) is 4.59. The molecule has 5 heteroatoms. The van der Waals surface area contributed by atoms with Gasteiger partial charge in [0.2, 0.25) is 5.91 Å². The average molecular weight is 299 g/mol. The molecule has 1 aromatic rings. The van der Waals surface area contributed by atoms with Crippen LogP contribution in [0.5, 0.6) is 0 Å². The molecular weight excluding hydrogens is 278 g/mol. The van der Waals surface area contributed by atoms with Crippen LogP contribution < -0.4 is 15.5 Å². The number of carbonyl (C=O) groups is 2. The Morgan fingerprint density at radius 2 is 2.23 bits per heavy atom. The van der Waals surface area contributed by atoms with Crippen LogP contribution in [0.1, 0.15) is 29.6 Å². The van der Waals surface area contributed by atoms with Crippen LogP contribution in [-0.4, -0.2) is 38.0 Å². The summed E-state index contributed by atoms with van der Waals surface area (Å²) in [6, 6.07) is 7.31. The van der Waals surface area contributed by atoms with Crippen LogP contribution in [0.25, 0.3) is 0 Å². The van der Waals surface area contributed by atoms with Gasteiger partial charge in [0, 0.05) is 37.3 Å². The summed E-state index contributed by atoms with van der Waals surface area (Å²) in [5.41, 5.74) is 2.68. The number of benzene rings is 1. The van der Waals surface area contributed by atoms with Crippen molar-refractivity contribution in [2.24, 2.45) is 0 Å². The molecule has 2 amide bonds. The molecule has 1 saturated heterocycles. The predicted molar refractivity (Wildman–Crippen MR) is 85.9 cm³/mol. The summed E-state index contributed by atoms with van der Waals surface area (Å²) in [5, 5.41) is 6.21. The molecule has 0 spiro atoms. The highest BCUT2D eigenvalue weighted by Crippen LogP contribution is 2.22. The van der Waals surface area contributed by atoms with Gasteiger partial charge in [0.15, 0.2) is 0 Å². The molecule has 0 aliphatic carbocycles. The molecule has 0 saturated carbocycles. The smallest absolute Gasteiger partial charge is 0.251 e. The number of nitrogens with one attached hydrogen (secondary N) is 2. The van der Waals surface area contributed by atoms with Gasteiger partial charge in [-0.1, -0.05) is 17.7 Å². The Morgan fingerprint density at radius 3 is 2.95 bits per heavy atom. The summed E-state index contributed by atoms with van der Waals surface area (Å²) in [6.45, 7) is 3.17. The van der Waals surface area contributed by atoms with Crippen molar-refractivity contribution in [1.82, 2.24) is 10.6 Å². The lowest BCUT2D eigenvalue weighted by atomic mass is 10.1. The monoisotopic (exact) mass is 299 g/mol. The topological polar surface area (TPSA) is 61.4 Å². The Balaban J connectivity index is 1.65. The van der Waals surface area contributed by atoms with Gasteiger partial charge in [-0.15, -0.1) is 0 Å². The molecular formula is C17H21N3O2. The molecule has 2 heterocycles. The maximum atomic E-state index is 12.3. The third-order valence-corrected chi connectivity index (χ3v) is 4.13. The van der Waals surface area contributed by atoms with E-state index < -0.39 is 0 Å². The van der Waals surface area contributed by atoms with Crippen LogP contribution in [0.2, 0.25) is 0 Å². The molecule has 1 aromatic carbocycles. The van der Waals surface area contributed by atoms with Crippen molar-refractivity contribution in [3.8, 4) is 0 Å². The highest BCUT2D eigenvalue weighted by molar-refractivity contribution is 5.99. The maximum absolute atomic E-state index is 12.3. The fourth-order valence-corrected chi connectivity index (χ4v) is 2.86. The zero-order chi connectivity index (χ0) is 15.4. The van der Waals surface area contributed by atoms with Gasteiger partial charge in [0.1, 0.15) is 0 Å². The SMILES string of the molecule is O=C(NCC1=CCNCC1)c1cccc(N2CCCC2=O)c1. The van der Waals surface area contributed by atoms with Crippen LogP contribution >= 0.6 is 0 Å². The van der Waals surface area contributed by atoms with E-state index in [1.54, 1.807) is 17.0 Å². The normalized spacial score (nSPS) is 18.3. The molecule has 5 nitrogen and oxygen atoms in total. The van der Waals surface area contributed by atoms with Gasteiger partial charge < -0.3 is 15.5 Å². The van der Waals surface area contributed by atoms with Crippen LogP contribution in [0.15, 0.2) is 35.9 Å². The molecule has 0 unspecified atom stereocenters. The van der Waals surface area contributed by atoms with E-state index in [9.17, 15) is 9.59 Å². The number of carbonyl (C=O) groups excluding carboxylic acids is 2. The molecule has 0 aromatic heterocycles. The number of amides is 2. The van der Waals surface area contributed by atoms with E-state index in [2.05, 4.69) is 16.7 Å². The van der Waals surface area contributed by atoms with Crippen molar-refractivity contribution in [2.45, 2.75) is 19.3 Å². The molecule has 2 N–H and O–H groups in total. The number of anilines is 1. The highest BCUT2D eigenvalue weighted by Gasteiger charge is 2.22. The lowest BCUT2D eigenvalue weighted by Gasteiger charge is -2.17. The van der Waals surface area contributed by atoms with E-state index >= 15 is 0 Å². The second-order valence-corrected chi connectivity index (χ2v) is 5.70. The standard InChI is InChI=1S/C17H21N3O2/c21-16-5-2-10-20(16)15-4-1-3-14(11-15)17(22)19-12-13-6-8-18-9-7-13/h1,3-4,6,11,18H,2,5,7-10,12H2,(H,19,22). The lowest BCUT2D eigenvalue weighted by Crippen LogP contribution is -2.30. The summed E-state index contributed by atoms with van der Waals surface area (Å²) in [5.74, 6) is 0.0466. The maximum Gasteiger partial charge on any atom is 0.251 e. The number of rotatable bonds is 4. The van der Waals surface area contributed by atoms with Crippen molar-refractivity contribution in [2.75, 3.05) is 31.1 Å². The summed E-state index contributed by atoms with van der Waals surface area (Å²) < 4.78 is 0. The summed E-state index contributed by atoms with van der Waals surface area (Å²) in [4.78, 5) is 25.8. The minimum Gasteiger partial charge on any atom is -0.348 e. The average Bonchev–Trinajstić information content (AvgIpc) is 3.00. The Labute approximate surface area is 130 Å². The minimum atomic E-state index is -0.0899. The molecule has 2 aliphatic rings. The van der Waals surface area contributed by atoms with E-state index in [0.717, 1.165) is 38.2 Å². The number of hydrogen-bond acceptors (Lipinski definition) is 3. The third kappa shape index (κ3) is 3.36. The Hall–Kier alpha value is -2.14. The van der Waals surface area contributed by atoms with E-state index in [1.165, 1.54) is 5.57 Å². The Bertz CT molecular complexity index is 610. The Morgan fingerprint density at radius 1 is 1.32 bits per heavy atom. The van der Waals surface area contributed by atoms with Gasteiger partial charge in [-0.25, -0.2) is 0 Å². The predicted octanol–water partition coefficient (Wildman–Crippen LogP) is 1.46. The van der Waals surface area contributed by atoms with Gasteiger partial charge in [-0.3, -0.25) is 9.59 Å². The van der Waals surface area contributed by atoms with E-state index in [-0.39, 0.29) is 11.8 Å². The van der Waals surface area contributed by atoms with Crippen LogP contribution in [-0.2, 0) is 4.79 Å². The fraction of sp³-hybridized carbons (Fsp3) is 0.412. The molecule has 3 rings (SSSR count). The van der Waals surface area contributed by atoms with Crippen molar-refractivity contribution in [1.29, 1.82) is 0 Å². The van der Waals surface area contributed by atoms with Crippen molar-refractivity contribution in [3.63, 3.8) is 0 Å². The van der Waals surface area contributed by atoms with Crippen LogP contribution in [0, 0.1) is 0 Å². The number of hydrogen-bond donors (Lipinski definition) is 2. The van der Waals surface area contributed by atoms with Gasteiger partial charge in [-0.2, -0.15) is 0 Å². The first kappa shape index (κ1) is 14.8. The summed E-state index contributed by atoms with van der Waals surface area (Å²) in [7, 11) is 0. The number of nitrogens with zero attached hydrogens (tertiary/aromatic N) is 1. The molecule has 1 fully saturated rings. The van der Waals surface area contributed by atoms with Gasteiger partial charge in [0.25, 0.3) is 5.91 Å². The first-order valence-corrected chi connectivity index (χ1v) is 7.81. The summed E-state index contributed by atoms with van der Waals surface area (Å²) >= 11 is 0. The zero-order valence-electron chi connectivity index (χ0n) is 12.6. The van der Waals surface area contributed by atoms with Crippen molar-refractivity contribution >= 4 is 17.5 Å². The van der Waals surface area contributed by atoms with E-state index in [1.807, 2.05) is 12.1 Å². The first-order valence-electron chi connectivity index (χ1n) is 7.81. The molecule has 2 aliphatic heterocycles. The van der Waals surface area contributed by atoms with Crippen molar-refractivity contribution < 1.29 is 9.59 Å². The largest absolute Gasteiger partial charge is 0.348 e. The van der Waals surface area contributed by atoms with E-state index in [0.29, 0.717) is 18.5 Å². The second-order valence-electron chi connectivity index (χ2n) is 5.70. The molecule has 116 valence electrons. The van der Waals surface area contributed by atoms with Gasteiger partial charge in [0.05, 0.1) is 0 Å². The van der Waals surface area contributed by atoms with Crippen molar-refractivity contribution in [3.05, 3.63) is 41.5 Å². The van der Waals surface area contributed by atoms with E-state index in [4.69, 9.17) is 0 Å². The first-order chi connectivity index (χ1) is 10.7. The van der Waals surface area contributed by atoms with Gasteiger partial charge in [-0.05, 0) is 37.6 Å². The molecule has 0 radical (unpaired) electrons. The second kappa shape index (κ2) is 6.75. The highest BCUT2D eigenvalue weighted by atomic mass is 16.2. The van der Waals surface area contributed by atoms with Crippen LogP contribution in [0.3, 0.4) is 0 Å².